The van der Waals surface area contributed by atoms with Crippen molar-refractivity contribution in [2.75, 3.05) is 5.32 Å². The fraction of sp³-hybridized carbons (Fsp3) is 0.316. The van der Waals surface area contributed by atoms with Crippen LogP contribution in [0.2, 0.25) is 0 Å². The standard InChI is InChI=1S/C19H22N2O4/c1-4-19(23)13-5-7-17(18(11-13)21(24)25)20-16-8-6-15(22)10-14(16)9-12(2)3/h5-8,10-12,20,22H,4,9H2,1-3H3. The molecule has 0 aliphatic heterocycles. The van der Waals surface area contributed by atoms with Crippen LogP contribution in [-0.4, -0.2) is 15.8 Å². The number of nitrogens with zero attached hydrogens (tertiary/aromatic N) is 1. The summed E-state index contributed by atoms with van der Waals surface area (Å²) in [5.41, 5.74) is 2.06. The number of benzene rings is 2. The third-order valence-corrected chi connectivity index (χ3v) is 3.82. The Labute approximate surface area is 146 Å². The van der Waals surface area contributed by atoms with Crippen molar-refractivity contribution in [2.24, 2.45) is 5.92 Å². The van der Waals surface area contributed by atoms with Crippen LogP contribution < -0.4 is 5.32 Å². The lowest BCUT2D eigenvalue weighted by Gasteiger charge is -2.15. The minimum Gasteiger partial charge on any atom is -0.508 e. The van der Waals surface area contributed by atoms with E-state index in [-0.39, 0.29) is 17.2 Å². The number of anilines is 2. The minimum absolute atomic E-state index is 0.139. The predicted molar refractivity (Wildman–Crippen MR) is 97.6 cm³/mol. The van der Waals surface area contributed by atoms with E-state index in [1.54, 1.807) is 31.2 Å². The highest BCUT2D eigenvalue weighted by Gasteiger charge is 2.18. The van der Waals surface area contributed by atoms with E-state index in [0.29, 0.717) is 29.3 Å². The Morgan fingerprint density at radius 1 is 1.20 bits per heavy atom. The fourth-order valence-electron chi connectivity index (χ4n) is 2.62. The molecule has 2 aromatic rings. The van der Waals surface area contributed by atoms with Crippen molar-refractivity contribution in [1.29, 1.82) is 0 Å². The molecule has 132 valence electrons. The SMILES string of the molecule is CCC(=O)c1ccc(Nc2ccc(O)cc2CC(C)C)c([N+](=O)[O-])c1. The molecule has 0 fully saturated rings. The Morgan fingerprint density at radius 2 is 1.88 bits per heavy atom. The first kappa shape index (κ1) is 18.4. The van der Waals surface area contributed by atoms with E-state index in [4.69, 9.17) is 0 Å². The molecule has 2 rings (SSSR count). The molecule has 0 aromatic heterocycles. The normalized spacial score (nSPS) is 10.7. The number of phenolic OH excluding ortho intramolecular Hbond substituents is 1. The number of Topliss-reactive ketones (excluding diaryl/α,β-unsaturated/α-hetero) is 1. The van der Waals surface area contributed by atoms with E-state index in [9.17, 15) is 20.0 Å². The molecule has 0 amide bonds. The largest absolute Gasteiger partial charge is 0.508 e. The molecule has 0 saturated carbocycles. The van der Waals surface area contributed by atoms with Crippen LogP contribution in [0, 0.1) is 16.0 Å². The summed E-state index contributed by atoms with van der Waals surface area (Å²) in [6.07, 6.45) is 1.01. The number of hydrogen-bond acceptors (Lipinski definition) is 5. The van der Waals surface area contributed by atoms with Gasteiger partial charge in [0.1, 0.15) is 11.4 Å². The summed E-state index contributed by atoms with van der Waals surface area (Å²) in [6, 6.07) is 9.32. The molecule has 2 N–H and O–H groups in total. The maximum absolute atomic E-state index is 11.8. The molecule has 0 saturated heterocycles. The van der Waals surface area contributed by atoms with Crippen molar-refractivity contribution in [2.45, 2.75) is 33.6 Å². The van der Waals surface area contributed by atoms with Gasteiger partial charge in [-0.2, -0.15) is 0 Å². The molecule has 25 heavy (non-hydrogen) atoms. The monoisotopic (exact) mass is 342 g/mol. The third-order valence-electron chi connectivity index (χ3n) is 3.82. The Kier molecular flexibility index (Phi) is 5.75. The Bertz CT molecular complexity index is 800. The maximum atomic E-state index is 11.8. The molecule has 0 spiro atoms. The number of phenols is 1. The predicted octanol–water partition coefficient (Wildman–Crippen LogP) is 4.84. The lowest BCUT2D eigenvalue weighted by Crippen LogP contribution is -2.04. The van der Waals surface area contributed by atoms with Gasteiger partial charge in [0.15, 0.2) is 5.78 Å². The van der Waals surface area contributed by atoms with Crippen molar-refractivity contribution < 1.29 is 14.8 Å². The quantitative estimate of drug-likeness (QED) is 0.325. The van der Waals surface area contributed by atoms with Gasteiger partial charge in [-0.05, 0) is 48.2 Å². The van der Waals surface area contributed by atoms with Gasteiger partial charge in [0.2, 0.25) is 0 Å². The number of carbonyl (C=O) groups is 1. The summed E-state index contributed by atoms with van der Waals surface area (Å²) < 4.78 is 0. The third kappa shape index (κ3) is 4.56. The second-order valence-electron chi connectivity index (χ2n) is 6.33. The molecule has 0 bridgehead atoms. The van der Waals surface area contributed by atoms with Gasteiger partial charge in [-0.3, -0.25) is 14.9 Å². The van der Waals surface area contributed by atoms with E-state index >= 15 is 0 Å². The second kappa shape index (κ2) is 7.79. The lowest BCUT2D eigenvalue weighted by molar-refractivity contribution is -0.383. The summed E-state index contributed by atoms with van der Waals surface area (Å²) in [7, 11) is 0. The molecule has 0 unspecified atom stereocenters. The van der Waals surface area contributed by atoms with E-state index in [1.165, 1.54) is 12.1 Å². The lowest BCUT2D eigenvalue weighted by atomic mass is 10.0. The number of rotatable bonds is 7. The molecular formula is C19H22N2O4. The highest BCUT2D eigenvalue weighted by molar-refractivity contribution is 5.97. The first-order valence-corrected chi connectivity index (χ1v) is 8.22. The molecule has 6 nitrogen and oxygen atoms in total. The van der Waals surface area contributed by atoms with Crippen molar-refractivity contribution in [3.05, 3.63) is 57.6 Å². The Hall–Kier alpha value is -2.89. The maximum Gasteiger partial charge on any atom is 0.293 e. The van der Waals surface area contributed by atoms with Gasteiger partial charge in [0.05, 0.1) is 4.92 Å². The molecule has 0 radical (unpaired) electrons. The van der Waals surface area contributed by atoms with E-state index in [2.05, 4.69) is 19.2 Å². The van der Waals surface area contributed by atoms with Crippen LogP contribution in [0.5, 0.6) is 5.75 Å². The van der Waals surface area contributed by atoms with Crippen molar-refractivity contribution in [3.8, 4) is 5.75 Å². The molecule has 0 aliphatic carbocycles. The van der Waals surface area contributed by atoms with Gasteiger partial charge < -0.3 is 10.4 Å². The molecular weight excluding hydrogens is 320 g/mol. The van der Waals surface area contributed by atoms with Gasteiger partial charge in [-0.15, -0.1) is 0 Å². The van der Waals surface area contributed by atoms with Crippen LogP contribution in [0.4, 0.5) is 17.1 Å². The van der Waals surface area contributed by atoms with Crippen LogP contribution in [0.3, 0.4) is 0 Å². The average molecular weight is 342 g/mol. The summed E-state index contributed by atoms with van der Waals surface area (Å²) in [5.74, 6) is 0.376. The Morgan fingerprint density at radius 3 is 2.48 bits per heavy atom. The van der Waals surface area contributed by atoms with Gasteiger partial charge in [-0.1, -0.05) is 20.8 Å². The first-order chi connectivity index (χ1) is 11.8. The molecule has 6 heteroatoms. The number of nitro groups is 1. The van der Waals surface area contributed by atoms with E-state index in [0.717, 1.165) is 12.0 Å². The average Bonchev–Trinajstić information content (AvgIpc) is 2.56. The van der Waals surface area contributed by atoms with E-state index < -0.39 is 4.92 Å². The van der Waals surface area contributed by atoms with Crippen molar-refractivity contribution >= 4 is 22.8 Å². The summed E-state index contributed by atoms with van der Waals surface area (Å²) in [5, 5.41) is 24.2. The molecule has 0 heterocycles. The van der Waals surface area contributed by atoms with Crippen LogP contribution in [0.1, 0.15) is 43.1 Å². The number of ketones is 1. The number of aromatic hydroxyl groups is 1. The highest BCUT2D eigenvalue weighted by atomic mass is 16.6. The Balaban J connectivity index is 2.43. The highest BCUT2D eigenvalue weighted by Crippen LogP contribution is 2.32. The van der Waals surface area contributed by atoms with Gasteiger partial charge >= 0.3 is 0 Å². The topological polar surface area (TPSA) is 92.5 Å². The molecule has 0 aliphatic rings. The van der Waals surface area contributed by atoms with Gasteiger partial charge in [0, 0.05) is 23.7 Å². The van der Waals surface area contributed by atoms with Gasteiger partial charge in [-0.25, -0.2) is 0 Å². The zero-order chi connectivity index (χ0) is 18.6. The summed E-state index contributed by atoms with van der Waals surface area (Å²) in [6.45, 7) is 5.83. The fourth-order valence-corrected chi connectivity index (χ4v) is 2.62. The van der Waals surface area contributed by atoms with Crippen LogP contribution in [0.25, 0.3) is 0 Å². The summed E-state index contributed by atoms with van der Waals surface area (Å²) in [4.78, 5) is 22.7. The van der Waals surface area contributed by atoms with Crippen LogP contribution in [-0.2, 0) is 6.42 Å². The number of nitrogens with one attached hydrogen (secondary N) is 1. The summed E-state index contributed by atoms with van der Waals surface area (Å²) >= 11 is 0. The molecule has 0 atom stereocenters. The first-order valence-electron chi connectivity index (χ1n) is 8.22. The van der Waals surface area contributed by atoms with Crippen LogP contribution >= 0.6 is 0 Å². The number of carbonyl (C=O) groups excluding carboxylic acids is 1. The van der Waals surface area contributed by atoms with Gasteiger partial charge in [0.25, 0.3) is 5.69 Å². The minimum atomic E-state index is -0.503. The number of hydrogen-bond donors (Lipinski definition) is 2. The van der Waals surface area contributed by atoms with Crippen LogP contribution in [0.15, 0.2) is 36.4 Å². The molecule has 2 aromatic carbocycles. The van der Waals surface area contributed by atoms with Crippen molar-refractivity contribution in [3.63, 3.8) is 0 Å². The van der Waals surface area contributed by atoms with E-state index in [1.807, 2.05) is 0 Å². The second-order valence-corrected chi connectivity index (χ2v) is 6.33. The zero-order valence-corrected chi connectivity index (χ0v) is 14.6. The zero-order valence-electron chi connectivity index (χ0n) is 14.6. The number of nitro benzene ring substituents is 1. The smallest absolute Gasteiger partial charge is 0.293 e. The van der Waals surface area contributed by atoms with Crippen molar-refractivity contribution in [1.82, 2.24) is 0 Å².